The second-order valence-corrected chi connectivity index (χ2v) is 13.0. The lowest BCUT2D eigenvalue weighted by atomic mass is 10.2. The van der Waals surface area contributed by atoms with Gasteiger partial charge in [-0.25, -0.2) is 4.68 Å². The van der Waals surface area contributed by atoms with Gasteiger partial charge in [0.15, 0.2) is 0 Å². The quantitative estimate of drug-likeness (QED) is 0.613. The largest absolute Gasteiger partial charge is 0.480 e. The van der Waals surface area contributed by atoms with Crippen LogP contribution in [-0.2, 0) is 4.74 Å². The van der Waals surface area contributed by atoms with Crippen LogP contribution in [0.25, 0.3) is 0 Å². The van der Waals surface area contributed by atoms with Crippen molar-refractivity contribution in [3.8, 4) is 5.88 Å². The fraction of sp³-hybridized carbons (Fsp3) is 0.800. The number of hydrogen-bond donors (Lipinski definition) is 1. The van der Waals surface area contributed by atoms with Crippen molar-refractivity contribution in [3.63, 3.8) is 0 Å². The number of aliphatic hydroxyl groups excluding tert-OH is 1. The lowest BCUT2D eigenvalue weighted by Gasteiger charge is -2.33. The fourth-order valence-corrected chi connectivity index (χ4v) is 5.78. The second-order valence-electron chi connectivity index (χ2n) is 7.94. The zero-order valence-corrected chi connectivity index (χ0v) is 15.6. The van der Waals surface area contributed by atoms with Gasteiger partial charge in [0.05, 0.1) is 16.9 Å². The number of ether oxygens (including phenoxy) is 2. The summed E-state index contributed by atoms with van der Waals surface area (Å²) in [5.74, 6) is 0.185. The average molecular weight is 366 g/mol. The molecule has 0 spiro atoms. The van der Waals surface area contributed by atoms with Gasteiger partial charge in [-0.15, -0.1) is 5.10 Å². The van der Waals surface area contributed by atoms with Crippen LogP contribution in [0.15, 0.2) is 12.3 Å². The summed E-state index contributed by atoms with van der Waals surface area (Å²) in [5, 5.41) is 12.4. The first kappa shape index (κ1) is 19.3. The van der Waals surface area contributed by atoms with E-state index >= 15 is 0 Å². The molecule has 0 bridgehead atoms. The molecule has 1 fully saturated rings. The monoisotopic (exact) mass is 366 g/mol. The number of nitrogens with zero attached hydrogens (tertiary/aromatic N) is 2. The highest BCUT2D eigenvalue weighted by Crippen LogP contribution is 2.69. The van der Waals surface area contributed by atoms with E-state index in [1.165, 1.54) is 16.9 Å². The summed E-state index contributed by atoms with van der Waals surface area (Å²) < 4.78 is 51.9. The molecule has 5 nitrogen and oxygen atoms in total. The topological polar surface area (TPSA) is 56.5 Å². The van der Waals surface area contributed by atoms with Gasteiger partial charge in [-0.05, 0) is 33.6 Å². The third-order valence-corrected chi connectivity index (χ3v) is 8.68. The van der Waals surface area contributed by atoms with E-state index in [9.17, 15) is 18.3 Å². The Kier molecular flexibility index (Phi) is 4.84. The Balaban J connectivity index is 1.98. The summed E-state index contributed by atoms with van der Waals surface area (Å²) in [5.41, 5.74) is -0.563. The molecule has 0 aliphatic heterocycles. The third-order valence-electron chi connectivity index (χ3n) is 4.44. The van der Waals surface area contributed by atoms with Crippen molar-refractivity contribution in [3.05, 3.63) is 12.3 Å². The highest BCUT2D eigenvalue weighted by Gasteiger charge is 2.71. The van der Waals surface area contributed by atoms with Crippen LogP contribution in [0.5, 0.6) is 5.88 Å². The molecule has 1 saturated carbocycles. The smallest absolute Gasteiger partial charge is 0.392 e. The maximum atomic E-state index is 13.3. The number of alkyl halides is 3. The highest BCUT2D eigenvalue weighted by molar-refractivity contribution is 6.81. The van der Waals surface area contributed by atoms with Gasteiger partial charge < -0.3 is 14.6 Å². The maximum Gasteiger partial charge on any atom is 0.392 e. The van der Waals surface area contributed by atoms with Gasteiger partial charge in [0, 0.05) is 12.3 Å². The van der Waals surface area contributed by atoms with Crippen LogP contribution in [0.1, 0.15) is 40.0 Å². The van der Waals surface area contributed by atoms with E-state index in [1.807, 2.05) is 0 Å². The molecule has 1 aliphatic carbocycles. The molecule has 24 heavy (non-hydrogen) atoms. The van der Waals surface area contributed by atoms with Crippen molar-refractivity contribution in [1.82, 2.24) is 9.78 Å². The van der Waals surface area contributed by atoms with Crippen LogP contribution < -0.4 is 4.74 Å². The standard InChI is InChI=1S/C15H25F3N2O3Si/c1-13(2,3)23-12(21)20-9-6-11(19-20)22-10-24(4,5)14(7-8-14)15(16,17)18/h6,9,12,21H,7-8,10H2,1-5H3. The number of aliphatic hydroxyl groups is 1. The molecule has 1 aromatic rings. The Bertz CT molecular complexity index is 577. The summed E-state index contributed by atoms with van der Waals surface area (Å²) in [6.45, 7) is 8.76. The van der Waals surface area contributed by atoms with E-state index in [1.54, 1.807) is 33.9 Å². The van der Waals surface area contributed by atoms with Crippen molar-refractivity contribution < 1.29 is 27.8 Å². The maximum absolute atomic E-state index is 13.3. The zero-order valence-electron chi connectivity index (χ0n) is 14.6. The first-order valence-corrected chi connectivity index (χ1v) is 11.1. The van der Waals surface area contributed by atoms with Gasteiger partial charge in [-0.1, -0.05) is 13.1 Å². The Labute approximate surface area is 140 Å². The summed E-state index contributed by atoms with van der Waals surface area (Å²) >= 11 is 0. The Hall–Kier alpha value is -1.06. The second kappa shape index (κ2) is 6.03. The predicted molar refractivity (Wildman–Crippen MR) is 85.3 cm³/mol. The molecular weight excluding hydrogens is 341 g/mol. The first-order valence-electron chi connectivity index (χ1n) is 7.88. The van der Waals surface area contributed by atoms with Crippen molar-refractivity contribution in [2.24, 2.45) is 0 Å². The predicted octanol–water partition coefficient (Wildman–Crippen LogP) is 3.87. The summed E-state index contributed by atoms with van der Waals surface area (Å²) in [6, 6.07) is 1.51. The lowest BCUT2D eigenvalue weighted by Crippen LogP contribution is -2.48. The zero-order chi connectivity index (χ0) is 18.4. The van der Waals surface area contributed by atoms with E-state index < -0.39 is 31.3 Å². The third kappa shape index (κ3) is 3.94. The minimum absolute atomic E-state index is 0.0275. The SMILES string of the molecule is CC(C)(C)OC(O)n1ccc(OC[Si](C)(C)C2(C(F)(F)F)CC2)n1. The fourth-order valence-electron chi connectivity index (χ4n) is 2.75. The molecule has 0 saturated heterocycles. The van der Waals surface area contributed by atoms with Crippen LogP contribution in [-0.4, -0.2) is 41.0 Å². The van der Waals surface area contributed by atoms with Gasteiger partial charge in [0.2, 0.25) is 5.88 Å². The summed E-state index contributed by atoms with van der Waals surface area (Å²) in [6.07, 6.45) is -3.59. The molecule has 2 rings (SSSR count). The molecule has 1 N–H and O–H groups in total. The molecule has 1 unspecified atom stereocenters. The first-order chi connectivity index (χ1) is 10.8. The van der Waals surface area contributed by atoms with Crippen LogP contribution >= 0.6 is 0 Å². The van der Waals surface area contributed by atoms with Crippen molar-refractivity contribution in [1.29, 1.82) is 0 Å². The normalized spacial score (nSPS) is 19.2. The number of halogens is 3. The summed E-state index contributed by atoms with van der Waals surface area (Å²) in [7, 11) is -2.68. The van der Waals surface area contributed by atoms with Crippen LogP contribution in [0.3, 0.4) is 0 Å². The highest BCUT2D eigenvalue weighted by atomic mass is 28.3. The molecule has 1 heterocycles. The van der Waals surface area contributed by atoms with E-state index in [2.05, 4.69) is 5.10 Å². The molecule has 1 aliphatic rings. The molecule has 138 valence electrons. The van der Waals surface area contributed by atoms with E-state index in [-0.39, 0.29) is 25.0 Å². The Morgan fingerprint density at radius 2 is 1.92 bits per heavy atom. The Morgan fingerprint density at radius 1 is 1.33 bits per heavy atom. The molecule has 1 aromatic heterocycles. The number of hydrogen-bond acceptors (Lipinski definition) is 4. The van der Waals surface area contributed by atoms with Gasteiger partial charge in [-0.2, -0.15) is 13.2 Å². The van der Waals surface area contributed by atoms with E-state index in [4.69, 9.17) is 9.47 Å². The van der Waals surface area contributed by atoms with Crippen LogP contribution in [0.2, 0.25) is 18.1 Å². The Morgan fingerprint density at radius 3 is 2.38 bits per heavy atom. The molecular formula is C15H25F3N2O3Si. The average Bonchev–Trinajstić information content (AvgIpc) is 3.09. The van der Waals surface area contributed by atoms with E-state index in [0.717, 1.165) is 0 Å². The minimum atomic E-state index is -4.18. The molecule has 9 heteroatoms. The molecule has 1 atom stereocenters. The lowest BCUT2D eigenvalue weighted by molar-refractivity contribution is -0.215. The molecule has 0 amide bonds. The van der Waals surface area contributed by atoms with Gasteiger partial charge >= 0.3 is 6.18 Å². The van der Waals surface area contributed by atoms with Gasteiger partial charge in [0.25, 0.3) is 6.41 Å². The van der Waals surface area contributed by atoms with Gasteiger partial charge in [-0.3, -0.25) is 0 Å². The van der Waals surface area contributed by atoms with E-state index in [0.29, 0.717) is 0 Å². The number of aromatic nitrogens is 2. The van der Waals surface area contributed by atoms with Crippen LogP contribution in [0, 0.1) is 0 Å². The van der Waals surface area contributed by atoms with Crippen LogP contribution in [0.4, 0.5) is 13.2 Å². The molecule has 0 radical (unpaired) electrons. The van der Waals surface area contributed by atoms with Crippen molar-refractivity contribution in [2.75, 3.05) is 6.23 Å². The number of rotatable bonds is 6. The van der Waals surface area contributed by atoms with Gasteiger partial charge in [0.1, 0.15) is 8.07 Å². The minimum Gasteiger partial charge on any atom is -0.480 e. The summed E-state index contributed by atoms with van der Waals surface area (Å²) in [4.78, 5) is 0. The van der Waals surface area contributed by atoms with Crippen molar-refractivity contribution in [2.45, 2.75) is 69.9 Å². The van der Waals surface area contributed by atoms with Crippen molar-refractivity contribution >= 4 is 8.07 Å². The molecule has 0 aromatic carbocycles.